The SMILES string of the molecule is CCCCCCCCCCCCCCCCCCCCCC(=O)O.O=C[C@H](O)[C@H](O)[C@H](O)CO. The summed E-state index contributed by atoms with van der Waals surface area (Å²) in [6.45, 7) is 1.59. The molecule has 0 aliphatic rings. The van der Waals surface area contributed by atoms with Gasteiger partial charge in [0.2, 0.25) is 0 Å². The average molecular weight is 491 g/mol. The Morgan fingerprint density at radius 1 is 0.647 bits per heavy atom. The lowest BCUT2D eigenvalue weighted by molar-refractivity contribution is -0.137. The first kappa shape index (κ1) is 35.1. The quantitative estimate of drug-likeness (QED) is 0.0932. The van der Waals surface area contributed by atoms with E-state index in [1.165, 1.54) is 109 Å². The van der Waals surface area contributed by atoms with Crippen LogP contribution in [0.3, 0.4) is 0 Å². The van der Waals surface area contributed by atoms with Crippen LogP contribution in [0, 0.1) is 0 Å². The Morgan fingerprint density at radius 2 is 0.971 bits per heavy atom. The number of aldehydes is 1. The van der Waals surface area contributed by atoms with Crippen molar-refractivity contribution in [2.45, 2.75) is 154 Å². The zero-order chi connectivity index (χ0) is 25.9. The molecule has 0 aromatic carbocycles. The maximum atomic E-state index is 10.4. The summed E-state index contributed by atoms with van der Waals surface area (Å²) in [5, 5.41) is 42.6. The Labute approximate surface area is 208 Å². The Bertz CT molecular complexity index is 431. The number of carboxylic acids is 1. The lowest BCUT2D eigenvalue weighted by Crippen LogP contribution is -2.40. The molecule has 0 amide bonds. The third-order valence-corrected chi connectivity index (χ3v) is 6.06. The molecule has 0 saturated heterocycles. The molecule has 0 radical (unpaired) electrons. The highest BCUT2D eigenvalue weighted by Crippen LogP contribution is 2.14. The number of rotatable bonds is 24. The molecule has 204 valence electrons. The summed E-state index contributed by atoms with van der Waals surface area (Å²) in [7, 11) is 0. The van der Waals surface area contributed by atoms with Crippen molar-refractivity contribution in [2.24, 2.45) is 0 Å². The molecule has 34 heavy (non-hydrogen) atoms. The van der Waals surface area contributed by atoms with Crippen molar-refractivity contribution in [3.05, 3.63) is 0 Å². The van der Waals surface area contributed by atoms with Gasteiger partial charge in [-0.1, -0.05) is 122 Å². The van der Waals surface area contributed by atoms with E-state index in [9.17, 15) is 9.59 Å². The van der Waals surface area contributed by atoms with Crippen LogP contribution in [0.4, 0.5) is 0 Å². The first-order chi connectivity index (χ1) is 16.4. The predicted molar refractivity (Wildman–Crippen MR) is 137 cm³/mol. The lowest BCUT2D eigenvalue weighted by atomic mass is 10.0. The van der Waals surface area contributed by atoms with Crippen LogP contribution in [0.2, 0.25) is 0 Å². The Morgan fingerprint density at radius 3 is 1.24 bits per heavy atom. The van der Waals surface area contributed by atoms with Gasteiger partial charge in [0.1, 0.15) is 18.3 Å². The molecule has 0 unspecified atom stereocenters. The van der Waals surface area contributed by atoms with E-state index in [2.05, 4.69) is 6.92 Å². The summed E-state index contributed by atoms with van der Waals surface area (Å²) in [6.07, 6.45) is 21.5. The van der Waals surface area contributed by atoms with E-state index < -0.39 is 30.9 Å². The van der Waals surface area contributed by atoms with Crippen LogP contribution in [-0.4, -0.2) is 62.7 Å². The molecule has 3 atom stereocenters. The van der Waals surface area contributed by atoms with E-state index in [4.69, 9.17) is 25.5 Å². The third-order valence-electron chi connectivity index (χ3n) is 6.06. The smallest absolute Gasteiger partial charge is 0.303 e. The fourth-order valence-electron chi connectivity index (χ4n) is 3.77. The largest absolute Gasteiger partial charge is 0.481 e. The molecular formula is C27H54O7. The van der Waals surface area contributed by atoms with Crippen LogP contribution in [0.5, 0.6) is 0 Å². The maximum Gasteiger partial charge on any atom is 0.303 e. The average Bonchev–Trinajstić information content (AvgIpc) is 2.84. The maximum absolute atomic E-state index is 10.4. The van der Waals surface area contributed by atoms with Gasteiger partial charge in [-0.25, -0.2) is 0 Å². The second-order valence-electron chi connectivity index (χ2n) is 9.37. The van der Waals surface area contributed by atoms with Gasteiger partial charge in [0.05, 0.1) is 6.61 Å². The Kier molecular flexibility index (Phi) is 29.2. The van der Waals surface area contributed by atoms with Gasteiger partial charge in [-0.15, -0.1) is 0 Å². The minimum atomic E-state index is -1.64. The Hall–Kier alpha value is -1.02. The van der Waals surface area contributed by atoms with Crippen LogP contribution in [0.15, 0.2) is 0 Å². The number of aliphatic hydroxyl groups excluding tert-OH is 4. The summed E-state index contributed by atoms with van der Waals surface area (Å²) in [4.78, 5) is 20.1. The van der Waals surface area contributed by atoms with Gasteiger partial charge in [0.15, 0.2) is 6.29 Å². The molecule has 0 heterocycles. The molecule has 0 bridgehead atoms. The van der Waals surface area contributed by atoms with Gasteiger partial charge in [-0.3, -0.25) is 4.79 Å². The van der Waals surface area contributed by atoms with E-state index in [0.717, 1.165) is 12.8 Å². The molecule has 0 fully saturated rings. The second-order valence-corrected chi connectivity index (χ2v) is 9.37. The molecule has 0 aliphatic carbocycles. The molecule has 7 nitrogen and oxygen atoms in total. The van der Waals surface area contributed by atoms with Gasteiger partial charge in [0, 0.05) is 6.42 Å². The number of hydrogen-bond acceptors (Lipinski definition) is 6. The highest BCUT2D eigenvalue weighted by molar-refractivity contribution is 5.66. The van der Waals surface area contributed by atoms with Crippen molar-refractivity contribution in [1.82, 2.24) is 0 Å². The van der Waals surface area contributed by atoms with E-state index >= 15 is 0 Å². The zero-order valence-electron chi connectivity index (χ0n) is 21.7. The van der Waals surface area contributed by atoms with Gasteiger partial charge >= 0.3 is 5.97 Å². The van der Waals surface area contributed by atoms with E-state index in [0.29, 0.717) is 6.42 Å². The van der Waals surface area contributed by atoms with Crippen LogP contribution < -0.4 is 0 Å². The molecule has 7 heteroatoms. The number of carbonyl (C=O) groups is 2. The van der Waals surface area contributed by atoms with Crippen molar-refractivity contribution in [3.8, 4) is 0 Å². The normalized spacial score (nSPS) is 13.6. The molecule has 0 aliphatic heterocycles. The number of unbranched alkanes of at least 4 members (excludes halogenated alkanes) is 18. The minimum Gasteiger partial charge on any atom is -0.481 e. The minimum absolute atomic E-state index is 0.0869. The molecule has 0 saturated carbocycles. The summed E-state index contributed by atoms with van der Waals surface area (Å²) in [6, 6.07) is 0. The monoisotopic (exact) mass is 490 g/mol. The standard InChI is InChI=1S/C22H44O2.C5H10O5/c1-2-3-4-5-6-7-8-9-10-11-12-13-14-15-16-17-18-19-20-21-22(23)24;6-1-3(8)5(10)4(9)2-7/h2-21H2,1H3,(H,23,24);1,3-5,7-10H,2H2/t;3-,4+,5-/m.0/s1. The predicted octanol–water partition coefficient (Wildman–Crippen LogP) is 5.15. The fourth-order valence-corrected chi connectivity index (χ4v) is 3.77. The van der Waals surface area contributed by atoms with Gasteiger partial charge < -0.3 is 30.3 Å². The third kappa shape index (κ3) is 27.2. The van der Waals surface area contributed by atoms with Crippen LogP contribution in [-0.2, 0) is 9.59 Å². The van der Waals surface area contributed by atoms with E-state index in [1.54, 1.807) is 0 Å². The fraction of sp³-hybridized carbons (Fsp3) is 0.926. The number of aliphatic hydroxyl groups is 4. The second kappa shape index (κ2) is 28.2. The molecule has 5 N–H and O–H groups in total. The van der Waals surface area contributed by atoms with E-state index in [-0.39, 0.29) is 6.29 Å². The van der Waals surface area contributed by atoms with Crippen LogP contribution >= 0.6 is 0 Å². The van der Waals surface area contributed by atoms with Gasteiger partial charge in [-0.2, -0.15) is 0 Å². The van der Waals surface area contributed by atoms with E-state index in [1.807, 2.05) is 0 Å². The molecule has 0 rings (SSSR count). The number of hydrogen-bond donors (Lipinski definition) is 5. The van der Waals surface area contributed by atoms with Crippen molar-refractivity contribution in [3.63, 3.8) is 0 Å². The van der Waals surface area contributed by atoms with Gasteiger partial charge in [-0.05, 0) is 6.42 Å². The summed E-state index contributed by atoms with van der Waals surface area (Å²) >= 11 is 0. The highest BCUT2D eigenvalue weighted by Gasteiger charge is 2.22. The number of carboxylic acid groups (broad SMARTS) is 1. The molecular weight excluding hydrogens is 436 g/mol. The zero-order valence-corrected chi connectivity index (χ0v) is 21.7. The van der Waals surface area contributed by atoms with Crippen molar-refractivity contribution < 1.29 is 35.1 Å². The first-order valence-electron chi connectivity index (χ1n) is 13.7. The van der Waals surface area contributed by atoms with Crippen LogP contribution in [0.25, 0.3) is 0 Å². The van der Waals surface area contributed by atoms with Crippen molar-refractivity contribution in [2.75, 3.05) is 6.61 Å². The number of aliphatic carboxylic acids is 1. The van der Waals surface area contributed by atoms with Gasteiger partial charge in [0.25, 0.3) is 0 Å². The Balaban J connectivity index is 0. The lowest BCUT2D eigenvalue weighted by Gasteiger charge is -2.16. The van der Waals surface area contributed by atoms with Crippen LogP contribution in [0.1, 0.15) is 135 Å². The summed E-state index contributed by atoms with van der Waals surface area (Å²) in [5.74, 6) is -0.651. The van der Waals surface area contributed by atoms with Crippen molar-refractivity contribution in [1.29, 1.82) is 0 Å². The van der Waals surface area contributed by atoms with Crippen molar-refractivity contribution >= 4 is 12.3 Å². The topological polar surface area (TPSA) is 135 Å². The number of carbonyl (C=O) groups excluding carboxylic acids is 1. The highest BCUT2D eigenvalue weighted by atomic mass is 16.4. The molecule has 0 aromatic heterocycles. The summed E-state index contributed by atoms with van der Waals surface area (Å²) < 4.78 is 0. The first-order valence-corrected chi connectivity index (χ1v) is 13.7. The summed E-state index contributed by atoms with van der Waals surface area (Å²) in [5.41, 5.74) is 0. The molecule has 0 spiro atoms. The molecule has 0 aromatic rings.